The third-order valence-corrected chi connectivity index (χ3v) is 1.47. The van der Waals surface area contributed by atoms with Crippen LogP contribution in [0.3, 0.4) is 0 Å². The van der Waals surface area contributed by atoms with Crippen molar-refractivity contribution in [1.82, 2.24) is 25.9 Å². The molecule has 0 aliphatic heterocycles. The van der Waals surface area contributed by atoms with Crippen molar-refractivity contribution in [1.29, 1.82) is 0 Å². The number of aromatic nitrogens is 4. The van der Waals surface area contributed by atoms with Crippen LogP contribution in [0.2, 0.25) is 0 Å². The largest absolute Gasteiger partial charge is 0.396 e. The molecule has 0 aliphatic carbocycles. The predicted molar refractivity (Wildman–Crippen MR) is 42.8 cm³/mol. The summed E-state index contributed by atoms with van der Waals surface area (Å²) in [5.41, 5.74) is 0. The number of H-pyrrole nitrogens is 1. The van der Waals surface area contributed by atoms with Gasteiger partial charge in [0.1, 0.15) is 0 Å². The van der Waals surface area contributed by atoms with E-state index in [-0.39, 0.29) is 18.3 Å². The van der Waals surface area contributed by atoms with Crippen LogP contribution in [-0.2, 0) is 0 Å². The highest BCUT2D eigenvalue weighted by molar-refractivity contribution is 5.89. The number of aliphatic hydroxyl groups excluding tert-OH is 1. The Kier molecular flexibility index (Phi) is 3.32. The van der Waals surface area contributed by atoms with Crippen LogP contribution in [-0.4, -0.2) is 44.8 Å². The minimum atomic E-state index is -0.394. The summed E-state index contributed by atoms with van der Waals surface area (Å²) >= 11 is 0. The topological polar surface area (TPSA) is 104 Å². The molecule has 0 aliphatic rings. The summed E-state index contributed by atoms with van der Waals surface area (Å²) in [6.07, 6.45) is 0. The molecule has 1 heterocycles. The van der Waals surface area contributed by atoms with Crippen LogP contribution in [0, 0.1) is 5.92 Å². The van der Waals surface area contributed by atoms with Crippen molar-refractivity contribution >= 4 is 5.91 Å². The molecule has 0 spiro atoms. The SMILES string of the molecule is CC(CO)CNC(=O)c1nn[nH]n1. The van der Waals surface area contributed by atoms with E-state index in [0.717, 1.165) is 0 Å². The second-order valence-electron chi connectivity index (χ2n) is 2.73. The molecule has 3 N–H and O–H groups in total. The van der Waals surface area contributed by atoms with Crippen molar-refractivity contribution in [3.8, 4) is 0 Å². The van der Waals surface area contributed by atoms with Gasteiger partial charge < -0.3 is 10.4 Å². The molecule has 0 aromatic carbocycles. The average Bonchev–Trinajstić information content (AvgIpc) is 2.66. The van der Waals surface area contributed by atoms with Gasteiger partial charge in [0.05, 0.1) is 0 Å². The summed E-state index contributed by atoms with van der Waals surface area (Å²) in [6.45, 7) is 2.24. The Morgan fingerprint density at radius 1 is 1.77 bits per heavy atom. The lowest BCUT2D eigenvalue weighted by molar-refractivity contribution is 0.0932. The number of carbonyl (C=O) groups is 1. The Labute approximate surface area is 74.5 Å². The van der Waals surface area contributed by atoms with Crippen molar-refractivity contribution in [3.63, 3.8) is 0 Å². The molecular formula is C6H11N5O2. The monoisotopic (exact) mass is 185 g/mol. The number of amides is 1. The summed E-state index contributed by atoms with van der Waals surface area (Å²) < 4.78 is 0. The van der Waals surface area contributed by atoms with Gasteiger partial charge in [-0.2, -0.15) is 5.21 Å². The fraction of sp³-hybridized carbons (Fsp3) is 0.667. The second kappa shape index (κ2) is 4.51. The molecule has 0 saturated carbocycles. The average molecular weight is 185 g/mol. The summed E-state index contributed by atoms with van der Waals surface area (Å²) in [5, 5.41) is 23.6. The zero-order valence-electron chi connectivity index (χ0n) is 7.19. The fourth-order valence-corrected chi connectivity index (χ4v) is 0.669. The number of aromatic amines is 1. The van der Waals surface area contributed by atoms with Crippen LogP contribution < -0.4 is 5.32 Å². The minimum Gasteiger partial charge on any atom is -0.396 e. The second-order valence-corrected chi connectivity index (χ2v) is 2.73. The fourth-order valence-electron chi connectivity index (χ4n) is 0.669. The highest BCUT2D eigenvalue weighted by Gasteiger charge is 2.10. The van der Waals surface area contributed by atoms with Crippen LogP contribution in [0.25, 0.3) is 0 Å². The van der Waals surface area contributed by atoms with Gasteiger partial charge in [-0.25, -0.2) is 0 Å². The number of hydrogen-bond acceptors (Lipinski definition) is 5. The molecule has 1 unspecified atom stereocenters. The Hall–Kier alpha value is -1.50. The van der Waals surface area contributed by atoms with E-state index in [4.69, 9.17) is 5.11 Å². The van der Waals surface area contributed by atoms with E-state index >= 15 is 0 Å². The van der Waals surface area contributed by atoms with Gasteiger partial charge >= 0.3 is 0 Å². The van der Waals surface area contributed by atoms with E-state index in [9.17, 15) is 4.79 Å². The summed E-state index contributed by atoms with van der Waals surface area (Å²) in [4.78, 5) is 11.1. The van der Waals surface area contributed by atoms with Crippen molar-refractivity contribution in [2.75, 3.05) is 13.2 Å². The molecule has 1 aromatic rings. The van der Waals surface area contributed by atoms with Crippen LogP contribution in [0.15, 0.2) is 0 Å². The van der Waals surface area contributed by atoms with Gasteiger partial charge in [0.25, 0.3) is 11.7 Å². The number of tetrazole rings is 1. The number of aliphatic hydroxyl groups is 1. The maximum absolute atomic E-state index is 11.1. The number of hydrogen-bond donors (Lipinski definition) is 3. The molecule has 1 amide bonds. The molecule has 0 saturated heterocycles. The number of nitrogens with zero attached hydrogens (tertiary/aromatic N) is 3. The van der Waals surface area contributed by atoms with E-state index in [1.54, 1.807) is 0 Å². The van der Waals surface area contributed by atoms with Gasteiger partial charge in [-0.3, -0.25) is 4.79 Å². The zero-order valence-corrected chi connectivity index (χ0v) is 7.19. The van der Waals surface area contributed by atoms with Crippen LogP contribution in [0.5, 0.6) is 0 Å². The van der Waals surface area contributed by atoms with E-state index in [1.165, 1.54) is 0 Å². The molecule has 0 radical (unpaired) electrons. The van der Waals surface area contributed by atoms with Gasteiger partial charge in [0.2, 0.25) is 0 Å². The maximum atomic E-state index is 11.1. The van der Waals surface area contributed by atoms with E-state index in [2.05, 4.69) is 25.9 Å². The van der Waals surface area contributed by atoms with E-state index in [1.807, 2.05) is 6.92 Å². The summed E-state index contributed by atoms with van der Waals surface area (Å²) in [6, 6.07) is 0. The first-order chi connectivity index (χ1) is 6.24. The highest BCUT2D eigenvalue weighted by Crippen LogP contribution is 1.90. The quantitative estimate of drug-likeness (QED) is 0.532. The molecule has 7 nitrogen and oxygen atoms in total. The lowest BCUT2D eigenvalue weighted by Gasteiger charge is -2.06. The van der Waals surface area contributed by atoms with E-state index < -0.39 is 5.91 Å². The van der Waals surface area contributed by atoms with Gasteiger partial charge in [-0.1, -0.05) is 6.92 Å². The smallest absolute Gasteiger partial charge is 0.292 e. The molecule has 0 bridgehead atoms. The maximum Gasteiger partial charge on any atom is 0.292 e. The van der Waals surface area contributed by atoms with Crippen molar-refractivity contribution in [3.05, 3.63) is 5.82 Å². The molecule has 7 heteroatoms. The predicted octanol–water partition coefficient (Wildman–Crippen LogP) is -1.44. The normalized spacial score (nSPS) is 12.5. The first-order valence-corrected chi connectivity index (χ1v) is 3.86. The third kappa shape index (κ3) is 2.79. The molecule has 1 rings (SSSR count). The Bertz CT molecular complexity index is 260. The Morgan fingerprint density at radius 2 is 2.54 bits per heavy atom. The molecule has 1 atom stereocenters. The number of nitrogens with one attached hydrogen (secondary N) is 2. The first kappa shape index (κ1) is 9.59. The third-order valence-electron chi connectivity index (χ3n) is 1.47. The highest BCUT2D eigenvalue weighted by atomic mass is 16.3. The minimum absolute atomic E-state index is 0.00476. The standard InChI is InChI=1S/C6H11N5O2/c1-4(3-12)2-7-6(13)5-8-10-11-9-5/h4,12H,2-3H2,1H3,(H,7,13)(H,8,9,10,11). The lowest BCUT2D eigenvalue weighted by atomic mass is 10.2. The van der Waals surface area contributed by atoms with Crippen LogP contribution >= 0.6 is 0 Å². The molecule has 0 fully saturated rings. The van der Waals surface area contributed by atoms with Crippen LogP contribution in [0.4, 0.5) is 0 Å². The summed E-state index contributed by atoms with van der Waals surface area (Å²) in [7, 11) is 0. The van der Waals surface area contributed by atoms with Gasteiger partial charge in [0.15, 0.2) is 0 Å². The molecule has 72 valence electrons. The zero-order chi connectivity index (χ0) is 9.68. The lowest BCUT2D eigenvalue weighted by Crippen LogP contribution is -2.30. The molecule has 1 aromatic heterocycles. The van der Waals surface area contributed by atoms with Crippen molar-refractivity contribution in [2.45, 2.75) is 6.92 Å². The van der Waals surface area contributed by atoms with Crippen molar-refractivity contribution in [2.24, 2.45) is 5.92 Å². The van der Waals surface area contributed by atoms with Gasteiger partial charge in [-0.15, -0.1) is 10.2 Å². The number of rotatable bonds is 4. The first-order valence-electron chi connectivity index (χ1n) is 3.86. The van der Waals surface area contributed by atoms with Crippen molar-refractivity contribution < 1.29 is 9.90 Å². The van der Waals surface area contributed by atoms with Gasteiger partial charge in [0, 0.05) is 13.2 Å². The van der Waals surface area contributed by atoms with E-state index in [0.29, 0.717) is 6.54 Å². The number of carbonyl (C=O) groups excluding carboxylic acids is 1. The van der Waals surface area contributed by atoms with Crippen LogP contribution in [0.1, 0.15) is 17.5 Å². The molecular weight excluding hydrogens is 174 g/mol. The Balaban J connectivity index is 2.35. The Morgan fingerprint density at radius 3 is 3.08 bits per heavy atom. The molecule has 13 heavy (non-hydrogen) atoms. The van der Waals surface area contributed by atoms with Gasteiger partial charge in [-0.05, 0) is 11.1 Å². The summed E-state index contributed by atoms with van der Waals surface area (Å²) in [5.74, 6) is -0.366.